The van der Waals surface area contributed by atoms with E-state index >= 15 is 0 Å². The van der Waals surface area contributed by atoms with Gasteiger partial charge in [-0.3, -0.25) is 0 Å². The number of nitrogens with one attached hydrogen (secondary N) is 1. The molecule has 0 unspecified atom stereocenters. The van der Waals surface area contributed by atoms with Crippen LogP contribution in [-0.2, 0) is 14.9 Å². The van der Waals surface area contributed by atoms with Crippen molar-refractivity contribution in [1.29, 1.82) is 0 Å². The van der Waals surface area contributed by atoms with Crippen LogP contribution in [0, 0.1) is 0 Å². The van der Waals surface area contributed by atoms with Crippen molar-refractivity contribution in [3.63, 3.8) is 0 Å². The Kier molecular flexibility index (Phi) is 5.86. The molecule has 0 atom stereocenters. The fourth-order valence-corrected chi connectivity index (χ4v) is 2.81. The van der Waals surface area contributed by atoms with E-state index in [9.17, 15) is 13.2 Å². The third-order valence-corrected chi connectivity index (χ3v) is 3.97. The summed E-state index contributed by atoms with van der Waals surface area (Å²) in [5.74, 6) is 0. The van der Waals surface area contributed by atoms with E-state index in [0.717, 1.165) is 11.4 Å². The largest absolute Gasteiger partial charge is 0.452 e. The van der Waals surface area contributed by atoms with Crippen molar-refractivity contribution in [2.24, 2.45) is 5.73 Å². The van der Waals surface area contributed by atoms with E-state index in [1.165, 1.54) is 0 Å². The Bertz CT molecular complexity index is 353. The lowest BCUT2D eigenvalue weighted by Crippen LogP contribution is -2.56. The summed E-state index contributed by atoms with van der Waals surface area (Å²) < 4.78 is 31.2. The number of ether oxygens (including phenoxy) is 1. The molecular formula is C9H21N3O4S. The molecule has 0 heterocycles. The minimum absolute atomic E-state index is 0.148. The lowest BCUT2D eigenvalue weighted by atomic mass is 10.1. The molecule has 0 rings (SSSR count). The summed E-state index contributed by atoms with van der Waals surface area (Å²) in [6.45, 7) is 5.65. The fraction of sp³-hybridized carbons (Fsp3) is 0.889. The first-order chi connectivity index (χ1) is 7.71. The summed E-state index contributed by atoms with van der Waals surface area (Å²) in [5, 5.41) is 0. The number of hydrogen-bond donors (Lipinski definition) is 2. The SMILES string of the molecule is CCCN(C(C)(C)CN)S(=O)(=O)NC(=O)OC. The van der Waals surface area contributed by atoms with E-state index in [1.807, 2.05) is 11.6 Å². The Hall–Kier alpha value is -0.860. The van der Waals surface area contributed by atoms with Gasteiger partial charge in [-0.25, -0.2) is 9.52 Å². The van der Waals surface area contributed by atoms with Gasteiger partial charge >= 0.3 is 16.3 Å². The van der Waals surface area contributed by atoms with Gasteiger partial charge in [0.15, 0.2) is 0 Å². The highest BCUT2D eigenvalue weighted by molar-refractivity contribution is 7.87. The standard InChI is InChI=1S/C9H21N3O4S/c1-5-6-12(9(2,3)7-10)17(14,15)11-8(13)16-4/h5-7,10H2,1-4H3,(H,11,13). The maximum absolute atomic E-state index is 12.0. The molecule has 0 spiro atoms. The van der Waals surface area contributed by atoms with E-state index in [1.54, 1.807) is 13.8 Å². The molecule has 0 radical (unpaired) electrons. The topological polar surface area (TPSA) is 102 Å². The summed E-state index contributed by atoms with van der Waals surface area (Å²) >= 11 is 0. The molecule has 0 aliphatic rings. The van der Waals surface area contributed by atoms with Crippen molar-refractivity contribution >= 4 is 16.3 Å². The van der Waals surface area contributed by atoms with Gasteiger partial charge in [-0.15, -0.1) is 0 Å². The maximum Gasteiger partial charge on any atom is 0.421 e. The molecule has 0 bridgehead atoms. The van der Waals surface area contributed by atoms with Crippen molar-refractivity contribution in [1.82, 2.24) is 9.03 Å². The molecule has 102 valence electrons. The quantitative estimate of drug-likeness (QED) is 0.707. The molecule has 0 aliphatic carbocycles. The van der Waals surface area contributed by atoms with Crippen LogP contribution in [0.4, 0.5) is 4.79 Å². The van der Waals surface area contributed by atoms with Crippen LogP contribution < -0.4 is 10.5 Å². The Balaban J connectivity index is 5.12. The lowest BCUT2D eigenvalue weighted by molar-refractivity contribution is 0.174. The number of amides is 1. The van der Waals surface area contributed by atoms with Gasteiger partial charge in [-0.05, 0) is 20.3 Å². The fourth-order valence-electron chi connectivity index (χ4n) is 1.26. The molecular weight excluding hydrogens is 246 g/mol. The van der Waals surface area contributed by atoms with Gasteiger partial charge in [-0.1, -0.05) is 6.92 Å². The van der Waals surface area contributed by atoms with Crippen molar-refractivity contribution in [2.75, 3.05) is 20.2 Å². The second-order valence-corrected chi connectivity index (χ2v) is 5.78. The molecule has 8 heteroatoms. The predicted molar refractivity (Wildman–Crippen MR) is 64.6 cm³/mol. The third kappa shape index (κ3) is 4.49. The number of nitrogens with two attached hydrogens (primary N) is 1. The van der Waals surface area contributed by atoms with Crippen LogP contribution in [0.25, 0.3) is 0 Å². The second-order valence-electron chi connectivity index (χ2n) is 4.19. The molecule has 0 fully saturated rings. The number of nitrogens with zero attached hydrogens (tertiary/aromatic N) is 1. The summed E-state index contributed by atoms with van der Waals surface area (Å²) in [6.07, 6.45) is -0.398. The van der Waals surface area contributed by atoms with Gasteiger partial charge in [0, 0.05) is 18.6 Å². The Labute approximate surface area is 102 Å². The lowest BCUT2D eigenvalue weighted by Gasteiger charge is -2.35. The Morgan fingerprint density at radius 3 is 2.35 bits per heavy atom. The van der Waals surface area contributed by atoms with E-state index in [-0.39, 0.29) is 13.1 Å². The second kappa shape index (κ2) is 6.18. The van der Waals surface area contributed by atoms with Crippen LogP contribution in [0.2, 0.25) is 0 Å². The van der Waals surface area contributed by atoms with Gasteiger partial charge in [0.25, 0.3) is 0 Å². The minimum Gasteiger partial charge on any atom is -0.452 e. The molecule has 1 amide bonds. The normalized spacial score (nSPS) is 12.6. The maximum atomic E-state index is 12.0. The summed E-state index contributed by atoms with van der Waals surface area (Å²) in [7, 11) is -2.84. The van der Waals surface area contributed by atoms with Crippen LogP contribution >= 0.6 is 0 Å². The van der Waals surface area contributed by atoms with Crippen molar-refractivity contribution < 1.29 is 17.9 Å². The van der Waals surface area contributed by atoms with Gasteiger partial charge in [0.1, 0.15) is 0 Å². The molecule has 0 aromatic carbocycles. The van der Waals surface area contributed by atoms with E-state index in [4.69, 9.17) is 5.73 Å². The molecule has 7 nitrogen and oxygen atoms in total. The highest BCUT2D eigenvalue weighted by atomic mass is 32.2. The first-order valence-corrected chi connectivity index (χ1v) is 6.74. The van der Waals surface area contributed by atoms with Gasteiger partial charge in [-0.2, -0.15) is 12.7 Å². The van der Waals surface area contributed by atoms with Crippen molar-refractivity contribution in [3.05, 3.63) is 0 Å². The number of hydrogen-bond acceptors (Lipinski definition) is 5. The molecule has 0 saturated carbocycles. The average molecular weight is 267 g/mol. The predicted octanol–water partition coefficient (Wildman–Crippen LogP) is 0.0365. The summed E-state index contributed by atoms with van der Waals surface area (Å²) in [6, 6.07) is 0. The van der Waals surface area contributed by atoms with Crippen molar-refractivity contribution in [2.45, 2.75) is 32.7 Å². The molecule has 0 aliphatic heterocycles. The molecule has 17 heavy (non-hydrogen) atoms. The first kappa shape index (κ1) is 16.1. The van der Waals surface area contributed by atoms with Gasteiger partial charge in [0.2, 0.25) is 0 Å². The van der Waals surface area contributed by atoms with Crippen LogP contribution in [0.15, 0.2) is 0 Å². The molecule has 3 N–H and O–H groups in total. The third-order valence-electron chi connectivity index (χ3n) is 2.29. The zero-order valence-electron chi connectivity index (χ0n) is 10.7. The average Bonchev–Trinajstić information content (AvgIpc) is 2.24. The highest BCUT2D eigenvalue weighted by Gasteiger charge is 2.35. The van der Waals surface area contributed by atoms with E-state index in [2.05, 4.69) is 4.74 Å². The number of carbonyl (C=O) groups excluding carboxylic acids is 1. The van der Waals surface area contributed by atoms with Crippen molar-refractivity contribution in [3.8, 4) is 0 Å². The zero-order valence-corrected chi connectivity index (χ0v) is 11.5. The van der Waals surface area contributed by atoms with E-state index in [0.29, 0.717) is 6.42 Å². The van der Waals surface area contributed by atoms with Gasteiger partial charge < -0.3 is 10.5 Å². The van der Waals surface area contributed by atoms with E-state index < -0.39 is 21.8 Å². The molecule has 0 aromatic rings. The van der Waals surface area contributed by atoms with Crippen LogP contribution in [0.3, 0.4) is 0 Å². The highest BCUT2D eigenvalue weighted by Crippen LogP contribution is 2.17. The monoisotopic (exact) mass is 267 g/mol. The smallest absolute Gasteiger partial charge is 0.421 e. The summed E-state index contributed by atoms with van der Waals surface area (Å²) in [4.78, 5) is 11.0. The number of carbonyl (C=O) groups is 1. The Morgan fingerprint density at radius 1 is 1.47 bits per heavy atom. The summed E-state index contributed by atoms with van der Waals surface area (Å²) in [5.41, 5.74) is 4.78. The molecule has 0 aromatic heterocycles. The Morgan fingerprint density at radius 2 is 2.00 bits per heavy atom. The van der Waals surface area contributed by atoms with Crippen LogP contribution in [0.5, 0.6) is 0 Å². The first-order valence-electron chi connectivity index (χ1n) is 5.30. The minimum atomic E-state index is -3.94. The van der Waals surface area contributed by atoms with Gasteiger partial charge in [0.05, 0.1) is 7.11 Å². The number of rotatable bonds is 6. The van der Waals surface area contributed by atoms with Crippen LogP contribution in [-0.4, -0.2) is 44.6 Å². The zero-order chi connectivity index (χ0) is 13.7. The van der Waals surface area contributed by atoms with Crippen LogP contribution in [0.1, 0.15) is 27.2 Å². The molecule has 0 saturated heterocycles. The number of methoxy groups -OCH3 is 1.